The minimum absolute atomic E-state index is 0.0287. The summed E-state index contributed by atoms with van der Waals surface area (Å²) in [7, 11) is 2.61. The highest BCUT2D eigenvalue weighted by molar-refractivity contribution is 6.33. The zero-order valence-corrected chi connectivity index (χ0v) is 20.3. The number of likely N-dealkylation sites (N-methyl/N-ethyl adjacent to an activating group) is 1. The van der Waals surface area contributed by atoms with E-state index in [4.69, 9.17) is 27.9 Å². The van der Waals surface area contributed by atoms with E-state index in [1.165, 1.54) is 57.5 Å². The van der Waals surface area contributed by atoms with Crippen LogP contribution in [0.25, 0.3) is 0 Å². The number of aliphatic hydroxyl groups is 2. The molecular weight excluding hydrogens is 510 g/mol. The summed E-state index contributed by atoms with van der Waals surface area (Å²) in [4.78, 5) is 12.8. The lowest BCUT2D eigenvalue weighted by Gasteiger charge is -2.39. The van der Waals surface area contributed by atoms with Crippen molar-refractivity contribution in [3.63, 3.8) is 0 Å². The minimum atomic E-state index is -5.05. The molecule has 1 aliphatic rings. The van der Waals surface area contributed by atoms with Gasteiger partial charge >= 0.3 is 12.1 Å². The number of halogens is 5. The summed E-state index contributed by atoms with van der Waals surface area (Å²) in [6, 6.07) is 8.30. The van der Waals surface area contributed by atoms with Crippen LogP contribution >= 0.6 is 23.2 Å². The van der Waals surface area contributed by atoms with Crippen molar-refractivity contribution < 1.29 is 37.7 Å². The molecule has 11 heteroatoms. The number of rotatable bonds is 6. The van der Waals surface area contributed by atoms with Gasteiger partial charge in [-0.2, -0.15) is 13.2 Å². The molecular formula is C24H22Cl2F3NO5. The fourth-order valence-corrected chi connectivity index (χ4v) is 4.25. The second-order valence-electron chi connectivity index (χ2n) is 7.93. The molecule has 3 atom stereocenters. The maximum absolute atomic E-state index is 14.2. The Kier molecular flexibility index (Phi) is 7.76. The quantitative estimate of drug-likeness (QED) is 0.467. The van der Waals surface area contributed by atoms with Gasteiger partial charge in [-0.1, -0.05) is 42.3 Å². The summed E-state index contributed by atoms with van der Waals surface area (Å²) in [5.41, 5.74) is -3.57. The average Bonchev–Trinajstić information content (AvgIpc) is 2.79. The topological polar surface area (TPSA) is 79.2 Å². The summed E-state index contributed by atoms with van der Waals surface area (Å²) in [5.74, 6) is -1.69. The normalized spacial score (nSPS) is 18.5. The molecule has 0 aliphatic carbocycles. The molecule has 1 heterocycles. The number of ether oxygens (including phenoxy) is 2. The number of esters is 1. The van der Waals surface area contributed by atoms with E-state index < -0.39 is 35.5 Å². The third-order valence-electron chi connectivity index (χ3n) is 5.73. The number of carbonyl (C=O) groups excluding carboxylic acids is 1. The van der Waals surface area contributed by atoms with Crippen molar-refractivity contribution in [2.24, 2.45) is 0 Å². The van der Waals surface area contributed by atoms with Crippen LogP contribution in [0.5, 0.6) is 11.5 Å². The highest BCUT2D eigenvalue weighted by Gasteiger charge is 2.60. The molecule has 2 aromatic rings. The molecule has 6 nitrogen and oxygen atoms in total. The van der Waals surface area contributed by atoms with E-state index in [1.807, 2.05) is 0 Å². The molecule has 0 saturated heterocycles. The molecule has 2 N–H and O–H groups in total. The first-order chi connectivity index (χ1) is 16.3. The zero-order valence-electron chi connectivity index (χ0n) is 18.8. The molecule has 0 fully saturated rings. The second-order valence-corrected chi connectivity index (χ2v) is 8.74. The second kappa shape index (κ2) is 10.1. The van der Waals surface area contributed by atoms with Gasteiger partial charge < -0.3 is 24.6 Å². The summed E-state index contributed by atoms with van der Waals surface area (Å²) >= 11 is 12.4. The van der Waals surface area contributed by atoms with E-state index >= 15 is 0 Å². The molecule has 2 aromatic carbocycles. The molecule has 0 saturated carbocycles. The van der Waals surface area contributed by atoms with Crippen LogP contribution in [0.2, 0.25) is 10.0 Å². The Morgan fingerprint density at radius 2 is 1.71 bits per heavy atom. The van der Waals surface area contributed by atoms with Crippen LogP contribution < -0.4 is 4.74 Å². The maximum Gasteiger partial charge on any atom is 0.422 e. The summed E-state index contributed by atoms with van der Waals surface area (Å²) in [5, 5.41) is 20.7. The van der Waals surface area contributed by atoms with Gasteiger partial charge in [0, 0.05) is 35.8 Å². The number of alkyl halides is 3. The molecule has 0 radical (unpaired) electrons. The highest BCUT2D eigenvalue weighted by Crippen LogP contribution is 2.49. The van der Waals surface area contributed by atoms with Crippen LogP contribution in [-0.4, -0.2) is 53.2 Å². The fourth-order valence-electron chi connectivity index (χ4n) is 3.67. The molecule has 188 valence electrons. The predicted molar refractivity (Wildman–Crippen MR) is 125 cm³/mol. The van der Waals surface area contributed by atoms with Gasteiger partial charge in [0.05, 0.1) is 17.7 Å². The molecule has 0 spiro atoms. The van der Waals surface area contributed by atoms with E-state index in [2.05, 4.69) is 4.74 Å². The third kappa shape index (κ3) is 5.28. The predicted octanol–water partition coefficient (Wildman–Crippen LogP) is 5.67. The fraction of sp³-hybridized carbons (Fsp3) is 0.292. The van der Waals surface area contributed by atoms with Gasteiger partial charge in [0.15, 0.2) is 5.60 Å². The van der Waals surface area contributed by atoms with Gasteiger partial charge in [-0.05, 0) is 35.9 Å². The highest BCUT2D eigenvalue weighted by atomic mass is 35.5. The van der Waals surface area contributed by atoms with Crippen molar-refractivity contribution in [1.29, 1.82) is 0 Å². The summed E-state index contributed by atoms with van der Waals surface area (Å²) < 4.78 is 52.8. The lowest BCUT2D eigenvalue weighted by atomic mass is 9.77. The first kappa shape index (κ1) is 26.9. The monoisotopic (exact) mass is 531 g/mol. The number of methoxy groups -OCH3 is 1. The van der Waals surface area contributed by atoms with Crippen molar-refractivity contribution in [3.05, 3.63) is 81.5 Å². The van der Waals surface area contributed by atoms with Crippen LogP contribution in [0.15, 0.2) is 60.3 Å². The van der Waals surface area contributed by atoms with Gasteiger partial charge in [0.25, 0.3) is 0 Å². The smallest absolute Gasteiger partial charge is 0.422 e. The molecule has 0 bridgehead atoms. The molecule has 0 aromatic heterocycles. The van der Waals surface area contributed by atoms with Crippen molar-refractivity contribution in [2.75, 3.05) is 14.2 Å². The first-order valence-corrected chi connectivity index (χ1v) is 11.0. The van der Waals surface area contributed by atoms with Gasteiger partial charge in [-0.3, -0.25) is 0 Å². The summed E-state index contributed by atoms with van der Waals surface area (Å²) in [6.07, 6.45) is -2.93. The van der Waals surface area contributed by atoms with E-state index in [1.54, 1.807) is 0 Å². The largest absolute Gasteiger partial charge is 0.465 e. The molecule has 3 rings (SSSR count). The van der Waals surface area contributed by atoms with E-state index in [0.717, 1.165) is 23.3 Å². The lowest BCUT2D eigenvalue weighted by Crippen LogP contribution is -2.51. The Balaban J connectivity index is 1.92. The van der Waals surface area contributed by atoms with Gasteiger partial charge in [0.2, 0.25) is 0 Å². The first-order valence-electron chi connectivity index (χ1n) is 10.2. The van der Waals surface area contributed by atoms with Crippen molar-refractivity contribution in [1.82, 2.24) is 4.90 Å². The summed E-state index contributed by atoms with van der Waals surface area (Å²) in [6.45, 7) is 1.21. The molecule has 1 aliphatic heterocycles. The molecule has 3 unspecified atom stereocenters. The number of nitrogens with zero attached hydrogens (tertiary/aromatic N) is 1. The van der Waals surface area contributed by atoms with Crippen LogP contribution in [0, 0.1) is 0 Å². The number of carbonyl (C=O) groups is 1. The lowest BCUT2D eigenvalue weighted by molar-refractivity contribution is -0.250. The number of hydrogen-bond acceptors (Lipinski definition) is 6. The third-order valence-corrected chi connectivity index (χ3v) is 6.37. The van der Waals surface area contributed by atoms with Gasteiger partial charge in [0.1, 0.15) is 17.7 Å². The van der Waals surface area contributed by atoms with E-state index in [-0.39, 0.29) is 32.7 Å². The van der Waals surface area contributed by atoms with E-state index in [9.17, 15) is 28.2 Å². The molecule has 0 amide bonds. The maximum atomic E-state index is 14.2. The van der Waals surface area contributed by atoms with Crippen molar-refractivity contribution in [2.45, 2.75) is 30.8 Å². The van der Waals surface area contributed by atoms with Crippen molar-refractivity contribution in [3.8, 4) is 11.5 Å². The Morgan fingerprint density at radius 1 is 1.11 bits per heavy atom. The Labute approximate surface area is 209 Å². The van der Waals surface area contributed by atoms with Crippen LogP contribution in [0.3, 0.4) is 0 Å². The number of aliphatic hydroxyl groups excluding tert-OH is 1. The standard InChI is InChI=1S/C24H22Cl2F3NO5/c1-13(23(33,24(27,28)29)14-4-9-21(31)30(2)12-14)17-7-5-15(10-19(17)25)35-16-6-8-18(20(26)11-16)22(32)34-3/h4-13,21,31,33H,1-3H3. The van der Waals surface area contributed by atoms with Crippen LogP contribution in [-0.2, 0) is 4.74 Å². The van der Waals surface area contributed by atoms with Crippen molar-refractivity contribution >= 4 is 29.2 Å². The minimum Gasteiger partial charge on any atom is -0.465 e. The number of hydrogen-bond donors (Lipinski definition) is 2. The van der Waals surface area contributed by atoms with Gasteiger partial charge in [-0.25, -0.2) is 4.79 Å². The van der Waals surface area contributed by atoms with Gasteiger partial charge in [-0.15, -0.1) is 0 Å². The number of benzene rings is 2. The average molecular weight is 532 g/mol. The van der Waals surface area contributed by atoms with E-state index in [0.29, 0.717) is 0 Å². The van der Waals surface area contributed by atoms with Crippen LogP contribution in [0.1, 0.15) is 28.8 Å². The zero-order chi connectivity index (χ0) is 26.1. The Bertz CT molecular complexity index is 1180. The van der Waals surface area contributed by atoms with Crippen LogP contribution in [0.4, 0.5) is 13.2 Å². The Hall–Kier alpha value is -2.72. The SMILES string of the molecule is COC(=O)c1ccc(Oc2ccc(C(C)C(O)(C3=CN(C)C(O)C=C3)C(F)(F)F)c(Cl)c2)cc1Cl. The molecule has 35 heavy (non-hydrogen) atoms. The Morgan fingerprint density at radius 3 is 2.23 bits per heavy atom.